The third kappa shape index (κ3) is 3.07. The zero-order valence-electron chi connectivity index (χ0n) is 10.5. The van der Waals surface area contributed by atoms with Crippen LogP contribution in [-0.2, 0) is 0 Å². The monoisotopic (exact) mass is 282 g/mol. The predicted molar refractivity (Wildman–Crippen MR) is 74.3 cm³/mol. The van der Waals surface area contributed by atoms with Crippen LogP contribution in [0, 0.1) is 6.92 Å². The van der Waals surface area contributed by atoms with Crippen molar-refractivity contribution in [1.82, 2.24) is 10.3 Å². The van der Waals surface area contributed by atoms with E-state index >= 15 is 0 Å². The molecule has 0 radical (unpaired) electrons. The highest BCUT2D eigenvalue weighted by Crippen LogP contribution is 2.34. The minimum Gasteiger partial charge on any atom is -0.439 e. The molecule has 0 saturated carbocycles. The molecule has 1 N–H and O–H groups in total. The van der Waals surface area contributed by atoms with E-state index in [2.05, 4.69) is 23.3 Å². The van der Waals surface area contributed by atoms with E-state index in [1.165, 1.54) is 11.8 Å². The standard InChI is InChI=1S/C13H15ClN2OS/c1-8-7-17-13(16-8)18-12-5-4-10(6-11(12)14)9(2)15-3/h4-7,9,15H,1-3H3. The highest BCUT2D eigenvalue weighted by Gasteiger charge is 2.10. The molecule has 1 unspecified atom stereocenters. The van der Waals surface area contributed by atoms with Crippen LogP contribution in [0.25, 0.3) is 0 Å². The molecule has 3 nitrogen and oxygen atoms in total. The topological polar surface area (TPSA) is 38.1 Å². The van der Waals surface area contributed by atoms with Crippen molar-refractivity contribution in [3.05, 3.63) is 40.7 Å². The van der Waals surface area contributed by atoms with Crippen LogP contribution < -0.4 is 5.32 Å². The van der Waals surface area contributed by atoms with Crippen molar-refractivity contribution in [2.24, 2.45) is 0 Å². The zero-order chi connectivity index (χ0) is 13.1. The molecule has 18 heavy (non-hydrogen) atoms. The summed E-state index contributed by atoms with van der Waals surface area (Å²) in [5.41, 5.74) is 2.03. The number of halogens is 1. The first kappa shape index (κ1) is 13.5. The number of benzene rings is 1. The molecule has 5 heteroatoms. The maximum Gasteiger partial charge on any atom is 0.260 e. The lowest BCUT2D eigenvalue weighted by molar-refractivity contribution is 0.454. The van der Waals surface area contributed by atoms with Crippen molar-refractivity contribution in [3.8, 4) is 0 Å². The Morgan fingerprint density at radius 2 is 2.22 bits per heavy atom. The van der Waals surface area contributed by atoms with E-state index in [0.717, 1.165) is 21.2 Å². The molecule has 0 saturated heterocycles. The Bertz CT molecular complexity index is 542. The summed E-state index contributed by atoms with van der Waals surface area (Å²) in [4.78, 5) is 5.20. The molecular formula is C13H15ClN2OS. The van der Waals surface area contributed by atoms with Crippen molar-refractivity contribution in [2.75, 3.05) is 7.05 Å². The summed E-state index contributed by atoms with van der Waals surface area (Å²) in [5, 5.41) is 4.52. The number of hydrogen-bond donors (Lipinski definition) is 1. The molecule has 2 aromatic rings. The summed E-state index contributed by atoms with van der Waals surface area (Å²) < 4.78 is 5.30. The van der Waals surface area contributed by atoms with Gasteiger partial charge in [-0.2, -0.15) is 0 Å². The summed E-state index contributed by atoms with van der Waals surface area (Å²) in [6.45, 7) is 3.99. The van der Waals surface area contributed by atoms with E-state index in [4.69, 9.17) is 16.0 Å². The molecule has 2 rings (SSSR count). The molecule has 0 fully saturated rings. The van der Waals surface area contributed by atoms with E-state index in [9.17, 15) is 0 Å². The molecule has 1 heterocycles. The summed E-state index contributed by atoms with van der Waals surface area (Å²) in [6.07, 6.45) is 1.63. The first-order chi connectivity index (χ1) is 8.60. The van der Waals surface area contributed by atoms with E-state index in [0.29, 0.717) is 5.22 Å². The lowest BCUT2D eigenvalue weighted by atomic mass is 10.1. The van der Waals surface area contributed by atoms with Gasteiger partial charge < -0.3 is 9.73 Å². The molecule has 0 bridgehead atoms. The first-order valence-electron chi connectivity index (χ1n) is 5.67. The summed E-state index contributed by atoms with van der Waals surface area (Å²) >= 11 is 7.70. The lowest BCUT2D eigenvalue weighted by Crippen LogP contribution is -2.12. The molecule has 1 aromatic carbocycles. The second kappa shape index (κ2) is 5.78. The Morgan fingerprint density at radius 3 is 2.78 bits per heavy atom. The number of aromatic nitrogens is 1. The van der Waals surface area contributed by atoms with Crippen LogP contribution in [-0.4, -0.2) is 12.0 Å². The van der Waals surface area contributed by atoms with E-state index in [-0.39, 0.29) is 6.04 Å². The van der Waals surface area contributed by atoms with Gasteiger partial charge in [-0.3, -0.25) is 0 Å². The van der Waals surface area contributed by atoms with Gasteiger partial charge in [0.05, 0.1) is 10.7 Å². The SMILES string of the molecule is CNC(C)c1ccc(Sc2nc(C)co2)c(Cl)c1. The first-order valence-corrected chi connectivity index (χ1v) is 6.86. The minimum atomic E-state index is 0.283. The Balaban J connectivity index is 2.19. The Labute approximate surface area is 116 Å². The van der Waals surface area contributed by atoms with Crippen LogP contribution in [0.1, 0.15) is 24.2 Å². The maximum absolute atomic E-state index is 6.27. The fraction of sp³-hybridized carbons (Fsp3) is 0.308. The molecular weight excluding hydrogens is 268 g/mol. The van der Waals surface area contributed by atoms with Crippen molar-refractivity contribution >= 4 is 23.4 Å². The number of oxazole rings is 1. The molecule has 1 aromatic heterocycles. The number of aryl methyl sites for hydroxylation is 1. The van der Waals surface area contributed by atoms with Gasteiger partial charge in [0.2, 0.25) is 0 Å². The summed E-state index contributed by atoms with van der Waals surface area (Å²) in [6, 6.07) is 6.31. The molecule has 0 amide bonds. The van der Waals surface area contributed by atoms with Gasteiger partial charge >= 0.3 is 0 Å². The minimum absolute atomic E-state index is 0.283. The van der Waals surface area contributed by atoms with E-state index < -0.39 is 0 Å². The summed E-state index contributed by atoms with van der Waals surface area (Å²) in [5.74, 6) is 0. The third-order valence-electron chi connectivity index (χ3n) is 2.68. The average Bonchev–Trinajstić information content (AvgIpc) is 2.76. The highest BCUT2D eigenvalue weighted by molar-refractivity contribution is 7.99. The van der Waals surface area contributed by atoms with E-state index in [1.54, 1.807) is 6.26 Å². The highest BCUT2D eigenvalue weighted by atomic mass is 35.5. The van der Waals surface area contributed by atoms with Crippen molar-refractivity contribution in [1.29, 1.82) is 0 Å². The quantitative estimate of drug-likeness (QED) is 0.917. The van der Waals surface area contributed by atoms with Crippen LogP contribution in [0.2, 0.25) is 5.02 Å². The van der Waals surface area contributed by atoms with Gasteiger partial charge in [0.1, 0.15) is 6.26 Å². The second-order valence-electron chi connectivity index (χ2n) is 4.06. The maximum atomic E-state index is 6.27. The Morgan fingerprint density at radius 1 is 1.44 bits per heavy atom. The van der Waals surface area contributed by atoms with Crippen molar-refractivity contribution in [2.45, 2.75) is 30.0 Å². The van der Waals surface area contributed by atoms with Crippen LogP contribution in [0.3, 0.4) is 0 Å². The normalized spacial score (nSPS) is 12.7. The molecule has 0 aliphatic carbocycles. The van der Waals surface area contributed by atoms with Crippen LogP contribution >= 0.6 is 23.4 Å². The van der Waals surface area contributed by atoms with Gasteiger partial charge in [-0.05, 0) is 50.4 Å². The number of rotatable bonds is 4. The molecule has 0 aliphatic rings. The lowest BCUT2D eigenvalue weighted by Gasteiger charge is -2.11. The molecule has 0 spiro atoms. The van der Waals surface area contributed by atoms with Gasteiger partial charge in [0.25, 0.3) is 5.22 Å². The third-order valence-corrected chi connectivity index (χ3v) is 4.05. The van der Waals surface area contributed by atoms with E-state index in [1.807, 2.05) is 26.1 Å². The largest absolute Gasteiger partial charge is 0.439 e. The zero-order valence-corrected chi connectivity index (χ0v) is 12.1. The fourth-order valence-corrected chi connectivity index (χ4v) is 2.58. The van der Waals surface area contributed by atoms with Crippen LogP contribution in [0.4, 0.5) is 0 Å². The smallest absolute Gasteiger partial charge is 0.260 e. The van der Waals surface area contributed by atoms with Gasteiger partial charge in [-0.25, -0.2) is 4.98 Å². The van der Waals surface area contributed by atoms with Gasteiger partial charge in [0.15, 0.2) is 0 Å². The molecule has 1 atom stereocenters. The van der Waals surface area contributed by atoms with Gasteiger partial charge in [-0.15, -0.1) is 0 Å². The Hall–Kier alpha value is -0.970. The predicted octanol–water partition coefficient (Wildman–Crippen LogP) is 4.07. The number of nitrogens with one attached hydrogen (secondary N) is 1. The van der Waals surface area contributed by atoms with Crippen molar-refractivity contribution < 1.29 is 4.42 Å². The molecule has 0 aliphatic heterocycles. The Kier molecular flexibility index (Phi) is 4.32. The average molecular weight is 283 g/mol. The van der Waals surface area contributed by atoms with Gasteiger partial charge in [-0.1, -0.05) is 17.7 Å². The summed E-state index contributed by atoms with van der Waals surface area (Å²) in [7, 11) is 1.93. The molecule has 96 valence electrons. The fourth-order valence-electron chi connectivity index (χ4n) is 1.51. The van der Waals surface area contributed by atoms with Gasteiger partial charge in [0, 0.05) is 10.9 Å². The number of nitrogens with zero attached hydrogens (tertiary/aromatic N) is 1. The second-order valence-corrected chi connectivity index (χ2v) is 5.46. The van der Waals surface area contributed by atoms with Crippen LogP contribution in [0.15, 0.2) is 39.0 Å². The van der Waals surface area contributed by atoms with Crippen LogP contribution in [0.5, 0.6) is 0 Å². The number of hydrogen-bond acceptors (Lipinski definition) is 4. The van der Waals surface area contributed by atoms with Crippen molar-refractivity contribution in [3.63, 3.8) is 0 Å².